The molecule has 2 unspecified atom stereocenters. The van der Waals surface area contributed by atoms with Crippen molar-refractivity contribution in [3.63, 3.8) is 0 Å². The second-order valence-electron chi connectivity index (χ2n) is 8.66. The molecule has 4 nitrogen and oxygen atoms in total. The first-order valence-corrected chi connectivity index (χ1v) is 10.9. The molecule has 6 rings (SSSR count). The molecule has 0 fully saturated rings. The van der Waals surface area contributed by atoms with E-state index in [1.807, 2.05) is 12.3 Å². The molecule has 2 atom stereocenters. The molecule has 0 radical (unpaired) electrons. The van der Waals surface area contributed by atoms with Crippen LogP contribution in [-0.4, -0.2) is 21.6 Å². The van der Waals surface area contributed by atoms with Gasteiger partial charge in [-0.05, 0) is 85.8 Å². The zero-order chi connectivity index (χ0) is 19.2. The van der Waals surface area contributed by atoms with E-state index in [2.05, 4.69) is 35.4 Å². The molecule has 4 heterocycles. The van der Waals surface area contributed by atoms with Crippen LogP contribution in [0, 0.1) is 0 Å². The molecular formula is C25H25N3O. The molecule has 2 aliphatic carbocycles. The normalized spacial score (nSPS) is 22.3. The molecule has 0 aromatic carbocycles. The van der Waals surface area contributed by atoms with Crippen LogP contribution >= 0.6 is 0 Å². The average Bonchev–Trinajstić information content (AvgIpc) is 3.22. The molecule has 3 aromatic heterocycles. The zero-order valence-corrected chi connectivity index (χ0v) is 16.6. The Labute approximate surface area is 171 Å². The maximum Gasteiger partial charge on any atom is 0.140 e. The number of pyridine rings is 3. The monoisotopic (exact) mass is 383 g/mol. The fourth-order valence-electron chi connectivity index (χ4n) is 5.21. The molecular weight excluding hydrogens is 358 g/mol. The van der Waals surface area contributed by atoms with E-state index in [0.717, 1.165) is 63.0 Å². The van der Waals surface area contributed by atoms with Crippen molar-refractivity contribution in [3.05, 3.63) is 82.2 Å². The van der Waals surface area contributed by atoms with Gasteiger partial charge in [0.2, 0.25) is 0 Å². The van der Waals surface area contributed by atoms with Crippen molar-refractivity contribution in [2.45, 2.75) is 56.8 Å². The third-order valence-electron chi connectivity index (χ3n) is 6.83. The van der Waals surface area contributed by atoms with Crippen LogP contribution in [-0.2, 0) is 32.1 Å². The Bertz CT molecular complexity index is 1050. The number of aromatic nitrogens is 3. The lowest BCUT2D eigenvalue weighted by Crippen LogP contribution is -2.18. The number of fused-ring (bicyclic) bond motifs is 3. The molecule has 0 amide bonds. The lowest BCUT2D eigenvalue weighted by atomic mass is 9.83. The SMILES string of the molecule is c1cnc2c(c1)CC(c1cnc3c(c1)CCC(c1ccc4c(n1)CCCO4)C3)C2. The average molecular weight is 383 g/mol. The number of ether oxygens (including phenoxy) is 1. The van der Waals surface area contributed by atoms with Crippen LogP contribution in [0.4, 0.5) is 0 Å². The van der Waals surface area contributed by atoms with Crippen LogP contribution in [0.2, 0.25) is 0 Å². The van der Waals surface area contributed by atoms with Gasteiger partial charge < -0.3 is 4.74 Å². The number of hydrogen-bond acceptors (Lipinski definition) is 4. The second-order valence-corrected chi connectivity index (χ2v) is 8.66. The largest absolute Gasteiger partial charge is 0.492 e. The van der Waals surface area contributed by atoms with Crippen molar-refractivity contribution in [1.82, 2.24) is 15.0 Å². The summed E-state index contributed by atoms with van der Waals surface area (Å²) in [5.41, 5.74) is 9.08. The summed E-state index contributed by atoms with van der Waals surface area (Å²) < 4.78 is 5.73. The first-order chi connectivity index (χ1) is 14.3. The quantitative estimate of drug-likeness (QED) is 0.660. The Kier molecular flexibility index (Phi) is 4.10. The van der Waals surface area contributed by atoms with Gasteiger partial charge in [-0.2, -0.15) is 0 Å². The Balaban J connectivity index is 1.22. The molecule has 4 heteroatoms. The molecule has 3 aliphatic rings. The Hall–Kier alpha value is -2.75. The summed E-state index contributed by atoms with van der Waals surface area (Å²) in [6.45, 7) is 0.819. The van der Waals surface area contributed by atoms with Gasteiger partial charge in [-0.1, -0.05) is 12.1 Å². The van der Waals surface area contributed by atoms with Crippen molar-refractivity contribution >= 4 is 0 Å². The van der Waals surface area contributed by atoms with Crippen LogP contribution in [0.1, 0.15) is 64.1 Å². The van der Waals surface area contributed by atoms with E-state index < -0.39 is 0 Å². The number of nitrogens with zero attached hydrogens (tertiary/aromatic N) is 3. The van der Waals surface area contributed by atoms with Crippen LogP contribution in [0.3, 0.4) is 0 Å². The summed E-state index contributed by atoms with van der Waals surface area (Å²) in [5.74, 6) is 1.97. The minimum atomic E-state index is 0.466. The maximum atomic E-state index is 5.73. The second kappa shape index (κ2) is 6.94. The predicted molar refractivity (Wildman–Crippen MR) is 111 cm³/mol. The van der Waals surface area contributed by atoms with Crippen LogP contribution in [0.5, 0.6) is 5.75 Å². The van der Waals surface area contributed by atoms with Crippen molar-refractivity contribution in [1.29, 1.82) is 0 Å². The highest BCUT2D eigenvalue weighted by Gasteiger charge is 2.27. The summed E-state index contributed by atoms with van der Waals surface area (Å²) in [4.78, 5) is 14.4. The van der Waals surface area contributed by atoms with E-state index in [1.54, 1.807) is 0 Å². The minimum absolute atomic E-state index is 0.466. The van der Waals surface area contributed by atoms with Crippen molar-refractivity contribution in [2.75, 3.05) is 6.61 Å². The Morgan fingerprint density at radius 2 is 1.79 bits per heavy atom. The van der Waals surface area contributed by atoms with E-state index in [9.17, 15) is 0 Å². The zero-order valence-electron chi connectivity index (χ0n) is 16.6. The van der Waals surface area contributed by atoms with Gasteiger partial charge in [0.15, 0.2) is 0 Å². The first-order valence-electron chi connectivity index (χ1n) is 10.9. The first kappa shape index (κ1) is 17.1. The van der Waals surface area contributed by atoms with E-state index in [1.165, 1.54) is 33.8 Å². The summed E-state index contributed by atoms with van der Waals surface area (Å²) >= 11 is 0. The smallest absolute Gasteiger partial charge is 0.140 e. The lowest BCUT2D eigenvalue weighted by Gasteiger charge is -2.26. The number of hydrogen-bond donors (Lipinski definition) is 0. The summed E-state index contributed by atoms with van der Waals surface area (Å²) in [6.07, 6.45) is 11.5. The van der Waals surface area contributed by atoms with Gasteiger partial charge in [0.05, 0.1) is 12.3 Å². The molecule has 0 spiro atoms. The standard InChI is InChI=1S/C25H25N3O/c1-3-16-11-19(14-23(16)26-9-1)20-12-17-5-6-18(13-24(17)27-15-20)21-7-8-25-22(28-21)4-2-10-29-25/h1,3,7-9,12,15,18-19H,2,4-6,10-11,13-14H2. The summed E-state index contributed by atoms with van der Waals surface area (Å²) in [5, 5.41) is 0. The fraction of sp³-hybridized carbons (Fsp3) is 0.400. The lowest BCUT2D eigenvalue weighted by molar-refractivity contribution is 0.284. The van der Waals surface area contributed by atoms with E-state index in [0.29, 0.717) is 11.8 Å². The van der Waals surface area contributed by atoms with E-state index >= 15 is 0 Å². The van der Waals surface area contributed by atoms with E-state index in [-0.39, 0.29) is 0 Å². The van der Waals surface area contributed by atoms with Crippen molar-refractivity contribution in [2.24, 2.45) is 0 Å². The maximum absolute atomic E-state index is 5.73. The predicted octanol–water partition coefficient (Wildman–Crippen LogP) is 4.35. The Morgan fingerprint density at radius 1 is 0.862 bits per heavy atom. The van der Waals surface area contributed by atoms with Gasteiger partial charge >= 0.3 is 0 Å². The molecule has 3 aromatic rings. The molecule has 0 saturated carbocycles. The van der Waals surface area contributed by atoms with Crippen molar-refractivity contribution in [3.8, 4) is 5.75 Å². The summed E-state index contributed by atoms with van der Waals surface area (Å²) in [7, 11) is 0. The summed E-state index contributed by atoms with van der Waals surface area (Å²) in [6, 6.07) is 11.0. The third kappa shape index (κ3) is 3.11. The molecule has 0 bridgehead atoms. The van der Waals surface area contributed by atoms with E-state index in [4.69, 9.17) is 14.7 Å². The topological polar surface area (TPSA) is 47.9 Å². The fourth-order valence-corrected chi connectivity index (χ4v) is 5.21. The van der Waals surface area contributed by atoms with Gasteiger partial charge in [0, 0.05) is 35.4 Å². The molecule has 1 aliphatic heterocycles. The van der Waals surface area contributed by atoms with Crippen LogP contribution < -0.4 is 4.74 Å². The van der Waals surface area contributed by atoms with Gasteiger partial charge in [-0.3, -0.25) is 15.0 Å². The van der Waals surface area contributed by atoms with Gasteiger partial charge in [-0.15, -0.1) is 0 Å². The molecule has 0 saturated heterocycles. The highest BCUT2D eigenvalue weighted by Crippen LogP contribution is 2.37. The molecule has 29 heavy (non-hydrogen) atoms. The Morgan fingerprint density at radius 3 is 2.76 bits per heavy atom. The highest BCUT2D eigenvalue weighted by atomic mass is 16.5. The van der Waals surface area contributed by atoms with Gasteiger partial charge in [0.25, 0.3) is 0 Å². The number of rotatable bonds is 2. The third-order valence-corrected chi connectivity index (χ3v) is 6.83. The molecule has 0 N–H and O–H groups in total. The number of aryl methyl sites for hydroxylation is 2. The minimum Gasteiger partial charge on any atom is -0.492 e. The highest BCUT2D eigenvalue weighted by molar-refractivity contribution is 5.38. The van der Waals surface area contributed by atoms with Gasteiger partial charge in [0.1, 0.15) is 5.75 Å². The van der Waals surface area contributed by atoms with Gasteiger partial charge in [-0.25, -0.2) is 0 Å². The van der Waals surface area contributed by atoms with Crippen LogP contribution in [0.25, 0.3) is 0 Å². The van der Waals surface area contributed by atoms with Crippen LogP contribution in [0.15, 0.2) is 42.7 Å². The van der Waals surface area contributed by atoms with Crippen molar-refractivity contribution < 1.29 is 4.74 Å². The molecule has 146 valence electrons.